The second-order valence-corrected chi connectivity index (χ2v) is 6.31. The molecule has 30 heavy (non-hydrogen) atoms. The zero-order valence-electron chi connectivity index (χ0n) is 15.6. The molecule has 1 aromatic heterocycles. The van der Waals surface area contributed by atoms with E-state index in [1.54, 1.807) is 12.1 Å². The molecule has 0 aliphatic carbocycles. The Labute approximate surface area is 170 Å². The summed E-state index contributed by atoms with van der Waals surface area (Å²) < 4.78 is 58.4. The number of rotatable bonds is 3. The molecule has 7 heteroatoms. The van der Waals surface area contributed by atoms with Crippen LogP contribution in [0.15, 0.2) is 101 Å². The molecule has 0 bridgehead atoms. The molecule has 0 unspecified atom stereocenters. The van der Waals surface area contributed by atoms with Crippen LogP contribution in [0.1, 0.15) is 0 Å². The summed E-state index contributed by atoms with van der Waals surface area (Å²) >= 11 is 0. The van der Waals surface area contributed by atoms with Crippen molar-refractivity contribution in [1.82, 2.24) is 0 Å². The smallest absolute Gasteiger partial charge is 0.418 e. The van der Waals surface area contributed by atoms with Crippen LogP contribution < -0.4 is 0 Å². The summed E-state index contributed by atoms with van der Waals surface area (Å²) in [6.45, 7) is 0. The fraction of sp³-hybridized carbons (Fsp3) is 0. The molecule has 0 radical (unpaired) electrons. The molecule has 152 valence electrons. The zero-order chi connectivity index (χ0) is 21.6. The van der Waals surface area contributed by atoms with E-state index in [1.165, 1.54) is 12.1 Å². The molecule has 4 rings (SSSR count). The highest BCUT2D eigenvalue weighted by molar-refractivity contribution is 6.50. The van der Waals surface area contributed by atoms with Gasteiger partial charge in [-0.05, 0) is 42.0 Å². The van der Waals surface area contributed by atoms with E-state index in [2.05, 4.69) is 0 Å². The van der Waals surface area contributed by atoms with E-state index in [9.17, 15) is 21.7 Å². The molecule has 0 atom stereocenters. The topological polar surface area (TPSA) is 11.3 Å². The Balaban J connectivity index is 0.000000461. The number of halogens is 5. The van der Waals surface area contributed by atoms with Gasteiger partial charge in [-0.3, -0.25) is 0 Å². The Morgan fingerprint density at radius 2 is 0.900 bits per heavy atom. The maximum absolute atomic E-state index is 13.3. The SMILES string of the molecule is F[B-](F)(F)F.Fc1ccc(-c2cc(-c3ccccc3)[o+]c(-c3ccccc3)c2)cc1. The molecule has 0 saturated heterocycles. The highest BCUT2D eigenvalue weighted by Crippen LogP contribution is 2.32. The van der Waals surface area contributed by atoms with Crippen LogP contribution in [0.3, 0.4) is 0 Å². The summed E-state index contributed by atoms with van der Waals surface area (Å²) in [5, 5.41) is 0. The van der Waals surface area contributed by atoms with Crippen LogP contribution in [0.25, 0.3) is 33.8 Å². The summed E-state index contributed by atoms with van der Waals surface area (Å²) in [7, 11) is -6.00. The molecule has 0 amide bonds. The highest BCUT2D eigenvalue weighted by atomic mass is 19.5. The van der Waals surface area contributed by atoms with Gasteiger partial charge in [0.25, 0.3) is 0 Å². The minimum absolute atomic E-state index is 0.240. The lowest BCUT2D eigenvalue weighted by Crippen LogP contribution is -2.02. The van der Waals surface area contributed by atoms with E-state index in [0.29, 0.717) is 0 Å². The molecule has 4 aromatic rings. The molecular formula is C23H16BF5O. The average molecular weight is 414 g/mol. The first-order chi connectivity index (χ1) is 14.3. The van der Waals surface area contributed by atoms with Gasteiger partial charge in [-0.15, -0.1) is 0 Å². The maximum Gasteiger partial charge on any atom is 0.673 e. The highest BCUT2D eigenvalue weighted by Gasteiger charge is 2.21. The van der Waals surface area contributed by atoms with Crippen molar-refractivity contribution in [1.29, 1.82) is 0 Å². The van der Waals surface area contributed by atoms with Gasteiger partial charge in [-0.2, -0.15) is 0 Å². The number of hydrogen-bond donors (Lipinski definition) is 0. The molecule has 0 saturated carbocycles. The number of hydrogen-bond acceptors (Lipinski definition) is 0. The van der Waals surface area contributed by atoms with Gasteiger partial charge in [0, 0.05) is 5.56 Å². The molecule has 0 spiro atoms. The molecule has 0 fully saturated rings. The van der Waals surface area contributed by atoms with Gasteiger partial charge < -0.3 is 17.3 Å². The Morgan fingerprint density at radius 3 is 1.30 bits per heavy atom. The van der Waals surface area contributed by atoms with Crippen molar-refractivity contribution in [3.63, 3.8) is 0 Å². The quantitative estimate of drug-likeness (QED) is 0.188. The second-order valence-electron chi connectivity index (χ2n) is 6.31. The van der Waals surface area contributed by atoms with Crippen molar-refractivity contribution >= 4 is 7.25 Å². The van der Waals surface area contributed by atoms with Gasteiger partial charge in [0.1, 0.15) is 5.82 Å². The second kappa shape index (κ2) is 9.35. The standard InChI is InChI=1S/C23H16FO.BF4/c24-21-13-11-17(12-14-21)20-15-22(18-7-3-1-4-8-18)25-23(16-20)19-9-5-2-6-10-19;2-1(3,4)5/h1-16H;/q+1;-1. The Hall–Kier alpha value is -3.48. The lowest BCUT2D eigenvalue weighted by molar-refractivity contribution is 0.368. The minimum Gasteiger partial charge on any atom is -0.418 e. The minimum atomic E-state index is -6.00. The summed E-state index contributed by atoms with van der Waals surface area (Å²) in [5.74, 6) is 1.32. The molecule has 0 aliphatic rings. The first kappa shape index (κ1) is 21.2. The molecule has 1 heterocycles. The van der Waals surface area contributed by atoms with Crippen molar-refractivity contribution in [2.45, 2.75) is 0 Å². The van der Waals surface area contributed by atoms with Gasteiger partial charge in [-0.25, -0.2) is 8.81 Å². The van der Waals surface area contributed by atoms with Crippen molar-refractivity contribution in [3.05, 3.63) is 103 Å². The molecular weight excluding hydrogens is 398 g/mol. The van der Waals surface area contributed by atoms with Crippen LogP contribution in [0.4, 0.5) is 21.7 Å². The summed E-state index contributed by atoms with van der Waals surface area (Å²) in [6, 6.07) is 30.5. The van der Waals surface area contributed by atoms with E-state index in [1.807, 2.05) is 72.8 Å². The lowest BCUT2D eigenvalue weighted by Gasteiger charge is -2.02. The maximum atomic E-state index is 13.3. The predicted octanol–water partition coefficient (Wildman–Crippen LogP) is 8.00. The van der Waals surface area contributed by atoms with Gasteiger partial charge in [0.2, 0.25) is 0 Å². The van der Waals surface area contributed by atoms with Gasteiger partial charge in [0.05, 0.1) is 23.3 Å². The Kier molecular flexibility index (Phi) is 6.62. The van der Waals surface area contributed by atoms with Gasteiger partial charge in [0.15, 0.2) is 0 Å². The summed E-state index contributed by atoms with van der Waals surface area (Å²) in [4.78, 5) is 0. The fourth-order valence-electron chi connectivity index (χ4n) is 2.80. The van der Waals surface area contributed by atoms with Crippen LogP contribution in [0, 0.1) is 5.82 Å². The summed E-state index contributed by atoms with van der Waals surface area (Å²) in [5.41, 5.74) is 3.95. The third kappa shape index (κ3) is 6.27. The van der Waals surface area contributed by atoms with Gasteiger partial charge in [-0.1, -0.05) is 48.5 Å². The van der Waals surface area contributed by atoms with E-state index < -0.39 is 7.25 Å². The van der Waals surface area contributed by atoms with Crippen molar-refractivity contribution in [2.24, 2.45) is 0 Å². The molecule has 3 aromatic carbocycles. The molecule has 0 aliphatic heterocycles. The first-order valence-corrected chi connectivity index (χ1v) is 9.02. The van der Waals surface area contributed by atoms with Crippen molar-refractivity contribution in [2.75, 3.05) is 0 Å². The van der Waals surface area contributed by atoms with E-state index in [4.69, 9.17) is 4.42 Å². The van der Waals surface area contributed by atoms with Crippen LogP contribution in [0.5, 0.6) is 0 Å². The van der Waals surface area contributed by atoms with Crippen molar-refractivity contribution in [3.8, 4) is 33.8 Å². The Bertz CT molecular complexity index is 1020. The monoisotopic (exact) mass is 414 g/mol. The molecule has 0 N–H and O–H groups in total. The van der Waals surface area contributed by atoms with Gasteiger partial charge >= 0.3 is 18.8 Å². The number of benzene rings is 3. The van der Waals surface area contributed by atoms with Crippen LogP contribution >= 0.6 is 0 Å². The molecule has 1 nitrogen and oxygen atoms in total. The largest absolute Gasteiger partial charge is 0.673 e. The van der Waals surface area contributed by atoms with Crippen LogP contribution in [-0.2, 0) is 0 Å². The third-order valence-electron chi connectivity index (χ3n) is 4.09. The van der Waals surface area contributed by atoms with E-state index >= 15 is 0 Å². The fourth-order valence-corrected chi connectivity index (χ4v) is 2.80. The summed E-state index contributed by atoms with van der Waals surface area (Å²) in [6.07, 6.45) is 0. The van der Waals surface area contributed by atoms with Crippen LogP contribution in [-0.4, -0.2) is 7.25 Å². The third-order valence-corrected chi connectivity index (χ3v) is 4.09. The average Bonchev–Trinajstić information content (AvgIpc) is 2.74. The predicted molar refractivity (Wildman–Crippen MR) is 110 cm³/mol. The lowest BCUT2D eigenvalue weighted by atomic mass is 10.0. The normalized spacial score (nSPS) is 10.8. The Morgan fingerprint density at radius 1 is 0.500 bits per heavy atom. The van der Waals surface area contributed by atoms with E-state index in [0.717, 1.165) is 33.8 Å². The first-order valence-electron chi connectivity index (χ1n) is 9.02. The van der Waals surface area contributed by atoms with E-state index in [-0.39, 0.29) is 5.82 Å². The van der Waals surface area contributed by atoms with Crippen molar-refractivity contribution < 1.29 is 26.1 Å². The zero-order valence-corrected chi connectivity index (χ0v) is 15.6. The van der Waals surface area contributed by atoms with Crippen LogP contribution in [0.2, 0.25) is 0 Å².